The van der Waals surface area contributed by atoms with Crippen molar-refractivity contribution in [1.82, 2.24) is 0 Å². The molecule has 0 atom stereocenters. The number of nitrogens with zero attached hydrogens (tertiary/aromatic N) is 2. The molecule has 0 saturated heterocycles. The van der Waals surface area contributed by atoms with Crippen molar-refractivity contribution in [2.75, 3.05) is 23.9 Å². The molecule has 26 heavy (non-hydrogen) atoms. The molecule has 0 fully saturated rings. The second kappa shape index (κ2) is 7.25. The average molecular weight is 345 g/mol. The summed E-state index contributed by atoms with van der Waals surface area (Å²) in [5.41, 5.74) is 9.98. The van der Waals surface area contributed by atoms with E-state index in [9.17, 15) is 0 Å². The van der Waals surface area contributed by atoms with Crippen molar-refractivity contribution in [1.29, 1.82) is 0 Å². The summed E-state index contributed by atoms with van der Waals surface area (Å²) in [5.74, 6) is 0. The van der Waals surface area contributed by atoms with Crippen LogP contribution < -0.4 is 9.80 Å². The molecule has 3 rings (SSSR count). The van der Waals surface area contributed by atoms with Crippen LogP contribution in [0.4, 0.5) is 22.7 Å². The Bertz CT molecular complexity index is 793. The van der Waals surface area contributed by atoms with Gasteiger partial charge in [-0.2, -0.15) is 0 Å². The van der Waals surface area contributed by atoms with Crippen molar-refractivity contribution in [3.05, 3.63) is 82.9 Å². The van der Waals surface area contributed by atoms with E-state index in [-0.39, 0.29) is 0 Å². The third kappa shape index (κ3) is 3.91. The highest BCUT2D eigenvalue weighted by molar-refractivity contribution is 5.69. The fraction of sp³-hybridized carbons (Fsp3) is 0.250. The van der Waals surface area contributed by atoms with E-state index in [4.69, 9.17) is 0 Å². The zero-order valence-electron chi connectivity index (χ0n) is 16.7. The van der Waals surface area contributed by atoms with Gasteiger partial charge in [0.1, 0.15) is 0 Å². The fourth-order valence-electron chi connectivity index (χ4n) is 3.49. The standard InChI is InChI=1S/C24H28N2/c1-17-11-18(2)14-23(13-17)25(5)21-7-9-22(10-8-21)26(6)24-15-19(3)12-20(4)16-24/h7-16H,1-6H3. The largest absolute Gasteiger partial charge is 0.345 e. The lowest BCUT2D eigenvalue weighted by Crippen LogP contribution is -2.12. The highest BCUT2D eigenvalue weighted by Gasteiger charge is 2.08. The maximum Gasteiger partial charge on any atom is 0.0413 e. The van der Waals surface area contributed by atoms with Crippen molar-refractivity contribution in [3.8, 4) is 0 Å². The maximum absolute atomic E-state index is 2.24. The first kappa shape index (κ1) is 18.1. The summed E-state index contributed by atoms with van der Waals surface area (Å²) in [4.78, 5) is 4.47. The number of hydrogen-bond donors (Lipinski definition) is 0. The fourth-order valence-corrected chi connectivity index (χ4v) is 3.49. The van der Waals surface area contributed by atoms with Crippen LogP contribution in [0.2, 0.25) is 0 Å². The van der Waals surface area contributed by atoms with E-state index >= 15 is 0 Å². The van der Waals surface area contributed by atoms with Gasteiger partial charge in [-0.3, -0.25) is 0 Å². The first-order chi connectivity index (χ1) is 12.3. The van der Waals surface area contributed by atoms with Crippen molar-refractivity contribution in [3.63, 3.8) is 0 Å². The lowest BCUT2D eigenvalue weighted by atomic mass is 10.1. The molecule has 0 bridgehead atoms. The Morgan fingerprint density at radius 2 is 0.692 bits per heavy atom. The van der Waals surface area contributed by atoms with Gasteiger partial charge in [-0.25, -0.2) is 0 Å². The Morgan fingerprint density at radius 1 is 0.423 bits per heavy atom. The summed E-state index contributed by atoms with van der Waals surface area (Å²) >= 11 is 0. The van der Waals surface area contributed by atoms with E-state index in [1.807, 2.05) is 0 Å². The minimum Gasteiger partial charge on any atom is -0.345 e. The zero-order chi connectivity index (χ0) is 18.8. The van der Waals surface area contributed by atoms with Crippen LogP contribution in [0.15, 0.2) is 60.7 Å². The molecule has 0 heterocycles. The monoisotopic (exact) mass is 344 g/mol. The predicted molar refractivity (Wildman–Crippen MR) is 114 cm³/mol. The van der Waals surface area contributed by atoms with Gasteiger partial charge in [0.2, 0.25) is 0 Å². The molecular weight excluding hydrogens is 316 g/mol. The van der Waals surface area contributed by atoms with Gasteiger partial charge in [-0.15, -0.1) is 0 Å². The molecule has 0 radical (unpaired) electrons. The van der Waals surface area contributed by atoms with Gasteiger partial charge in [0.05, 0.1) is 0 Å². The van der Waals surface area contributed by atoms with E-state index in [0.29, 0.717) is 0 Å². The van der Waals surface area contributed by atoms with Crippen molar-refractivity contribution >= 4 is 22.7 Å². The number of benzene rings is 3. The molecule has 0 spiro atoms. The topological polar surface area (TPSA) is 6.48 Å². The molecule has 0 aliphatic rings. The van der Waals surface area contributed by atoms with Crippen LogP contribution in [0.5, 0.6) is 0 Å². The van der Waals surface area contributed by atoms with Crippen molar-refractivity contribution < 1.29 is 0 Å². The van der Waals surface area contributed by atoms with Gasteiger partial charge in [0.15, 0.2) is 0 Å². The molecule has 0 amide bonds. The SMILES string of the molecule is Cc1cc(C)cc(N(C)c2ccc(N(C)c3cc(C)cc(C)c3)cc2)c1. The Morgan fingerprint density at radius 3 is 0.962 bits per heavy atom. The minimum atomic E-state index is 1.19. The molecule has 2 nitrogen and oxygen atoms in total. The van der Waals surface area contributed by atoms with E-state index in [1.165, 1.54) is 45.0 Å². The third-order valence-corrected chi connectivity index (χ3v) is 4.81. The summed E-state index contributed by atoms with van der Waals surface area (Å²) in [5, 5.41) is 0. The Kier molecular flexibility index (Phi) is 5.03. The quantitative estimate of drug-likeness (QED) is 0.536. The van der Waals surface area contributed by atoms with Crippen LogP contribution >= 0.6 is 0 Å². The lowest BCUT2D eigenvalue weighted by molar-refractivity contribution is 1.17. The Balaban J connectivity index is 1.85. The summed E-state index contributed by atoms with van der Waals surface area (Å²) in [6.45, 7) is 8.58. The molecule has 3 aromatic carbocycles. The number of aryl methyl sites for hydroxylation is 4. The number of hydrogen-bond acceptors (Lipinski definition) is 2. The van der Waals surface area contributed by atoms with Gasteiger partial charge < -0.3 is 9.80 Å². The van der Waals surface area contributed by atoms with E-state index in [2.05, 4.69) is 112 Å². The van der Waals surface area contributed by atoms with Gasteiger partial charge >= 0.3 is 0 Å². The van der Waals surface area contributed by atoms with E-state index in [0.717, 1.165) is 0 Å². The predicted octanol–water partition coefficient (Wildman–Crippen LogP) is 6.46. The first-order valence-corrected chi connectivity index (χ1v) is 9.07. The summed E-state index contributed by atoms with van der Waals surface area (Å²) in [7, 11) is 4.24. The van der Waals surface area contributed by atoms with Crippen LogP contribution in [-0.2, 0) is 0 Å². The average Bonchev–Trinajstić information content (AvgIpc) is 2.59. The molecule has 0 aliphatic carbocycles. The molecule has 3 aromatic rings. The Hall–Kier alpha value is -2.74. The summed E-state index contributed by atoms with van der Waals surface area (Å²) in [6.07, 6.45) is 0. The smallest absolute Gasteiger partial charge is 0.0413 e. The molecule has 2 heteroatoms. The first-order valence-electron chi connectivity index (χ1n) is 9.07. The summed E-state index contributed by atoms with van der Waals surface area (Å²) in [6, 6.07) is 22.1. The minimum absolute atomic E-state index is 1.19. The second-order valence-corrected chi connectivity index (χ2v) is 7.33. The zero-order valence-corrected chi connectivity index (χ0v) is 16.7. The van der Waals surface area contributed by atoms with Gasteiger partial charge in [-0.1, -0.05) is 12.1 Å². The van der Waals surface area contributed by atoms with Gasteiger partial charge in [-0.05, 0) is 98.5 Å². The second-order valence-electron chi connectivity index (χ2n) is 7.33. The van der Waals surface area contributed by atoms with E-state index in [1.54, 1.807) is 0 Å². The van der Waals surface area contributed by atoms with Crippen LogP contribution in [0.3, 0.4) is 0 Å². The molecule has 0 saturated carbocycles. The normalized spacial score (nSPS) is 10.7. The Labute approximate surface area is 157 Å². The molecule has 0 unspecified atom stereocenters. The van der Waals surface area contributed by atoms with Crippen molar-refractivity contribution in [2.24, 2.45) is 0 Å². The lowest BCUT2D eigenvalue weighted by Gasteiger charge is -2.24. The molecule has 134 valence electrons. The van der Waals surface area contributed by atoms with Crippen LogP contribution in [0.1, 0.15) is 22.3 Å². The molecule has 0 N–H and O–H groups in total. The van der Waals surface area contributed by atoms with Gasteiger partial charge in [0, 0.05) is 36.8 Å². The van der Waals surface area contributed by atoms with Crippen molar-refractivity contribution in [2.45, 2.75) is 27.7 Å². The van der Waals surface area contributed by atoms with Crippen LogP contribution in [-0.4, -0.2) is 14.1 Å². The van der Waals surface area contributed by atoms with Crippen LogP contribution in [0.25, 0.3) is 0 Å². The van der Waals surface area contributed by atoms with Gasteiger partial charge in [0.25, 0.3) is 0 Å². The highest BCUT2D eigenvalue weighted by atomic mass is 15.1. The molecule has 0 aromatic heterocycles. The van der Waals surface area contributed by atoms with Crippen LogP contribution in [0, 0.1) is 27.7 Å². The van der Waals surface area contributed by atoms with E-state index < -0.39 is 0 Å². The highest BCUT2D eigenvalue weighted by Crippen LogP contribution is 2.30. The number of anilines is 4. The molecule has 0 aliphatic heterocycles. The maximum atomic E-state index is 2.24. The third-order valence-electron chi connectivity index (χ3n) is 4.81. The number of rotatable bonds is 4. The molecular formula is C24H28N2. The summed E-state index contributed by atoms with van der Waals surface area (Å²) < 4.78 is 0.